The summed E-state index contributed by atoms with van der Waals surface area (Å²) in [7, 11) is 0. The number of nitrogens with zero attached hydrogens (tertiary/aromatic N) is 1. The van der Waals surface area contributed by atoms with Crippen molar-refractivity contribution in [1.82, 2.24) is 10.2 Å². The summed E-state index contributed by atoms with van der Waals surface area (Å²) in [6.07, 6.45) is -4.85. The van der Waals surface area contributed by atoms with Crippen LogP contribution < -0.4 is 5.32 Å². The fraction of sp³-hybridized carbons (Fsp3) is 1.00. The molecule has 0 radical (unpaired) electrons. The standard InChI is InChI=1S/C11H23F3N2/c1-5-16(6-2)8-10(4)15-9(3)7-11(12,13)14/h9-10,15H,5-8H2,1-4H3. The van der Waals surface area contributed by atoms with Crippen molar-refractivity contribution in [3.63, 3.8) is 0 Å². The minimum absolute atomic E-state index is 0.0808. The summed E-state index contributed by atoms with van der Waals surface area (Å²) >= 11 is 0. The maximum atomic E-state index is 12.1. The number of halogens is 3. The molecule has 5 heteroatoms. The average molecular weight is 240 g/mol. The Morgan fingerprint density at radius 1 is 1.06 bits per heavy atom. The Labute approximate surface area is 96.2 Å². The molecule has 0 aromatic rings. The fourth-order valence-corrected chi connectivity index (χ4v) is 1.81. The highest BCUT2D eigenvalue weighted by atomic mass is 19.4. The van der Waals surface area contributed by atoms with Crippen LogP contribution in [0, 0.1) is 0 Å². The molecule has 0 bridgehead atoms. The Morgan fingerprint density at radius 2 is 1.56 bits per heavy atom. The van der Waals surface area contributed by atoms with Crippen LogP contribution in [0.25, 0.3) is 0 Å². The van der Waals surface area contributed by atoms with Crippen LogP contribution in [0.3, 0.4) is 0 Å². The van der Waals surface area contributed by atoms with E-state index in [-0.39, 0.29) is 6.04 Å². The summed E-state index contributed by atoms with van der Waals surface area (Å²) in [6, 6.07) is -0.442. The smallest absolute Gasteiger partial charge is 0.310 e. The molecular formula is C11H23F3N2. The van der Waals surface area contributed by atoms with Crippen LogP contribution >= 0.6 is 0 Å². The summed E-state index contributed by atoms with van der Waals surface area (Å²) in [4.78, 5) is 2.19. The zero-order valence-corrected chi connectivity index (χ0v) is 10.6. The van der Waals surface area contributed by atoms with Crippen molar-refractivity contribution < 1.29 is 13.2 Å². The molecule has 0 fully saturated rings. The monoisotopic (exact) mass is 240 g/mol. The number of alkyl halides is 3. The first-order valence-corrected chi connectivity index (χ1v) is 5.83. The van der Waals surface area contributed by atoms with Gasteiger partial charge in [0.1, 0.15) is 0 Å². The van der Waals surface area contributed by atoms with E-state index in [1.54, 1.807) is 6.92 Å². The third-order valence-electron chi connectivity index (χ3n) is 2.53. The van der Waals surface area contributed by atoms with Crippen LogP contribution in [0.4, 0.5) is 13.2 Å². The second kappa shape index (κ2) is 7.12. The highest BCUT2D eigenvalue weighted by molar-refractivity contribution is 4.73. The van der Waals surface area contributed by atoms with Gasteiger partial charge in [0, 0.05) is 18.6 Å². The van der Waals surface area contributed by atoms with Gasteiger partial charge in [0.25, 0.3) is 0 Å². The van der Waals surface area contributed by atoms with Gasteiger partial charge in [0.15, 0.2) is 0 Å². The van der Waals surface area contributed by atoms with E-state index in [1.807, 2.05) is 6.92 Å². The van der Waals surface area contributed by atoms with Crippen LogP contribution in [-0.2, 0) is 0 Å². The molecule has 0 aliphatic heterocycles. The van der Waals surface area contributed by atoms with Gasteiger partial charge in [-0.15, -0.1) is 0 Å². The van der Waals surface area contributed by atoms with Crippen molar-refractivity contribution in [3.8, 4) is 0 Å². The lowest BCUT2D eigenvalue weighted by molar-refractivity contribution is -0.139. The molecule has 0 heterocycles. The van der Waals surface area contributed by atoms with Gasteiger partial charge in [-0.25, -0.2) is 0 Å². The number of rotatable bonds is 7. The van der Waals surface area contributed by atoms with Crippen LogP contribution in [0.2, 0.25) is 0 Å². The van der Waals surface area contributed by atoms with E-state index in [4.69, 9.17) is 0 Å². The van der Waals surface area contributed by atoms with Crippen LogP contribution in [-0.4, -0.2) is 42.8 Å². The van der Waals surface area contributed by atoms with Gasteiger partial charge in [-0.1, -0.05) is 13.8 Å². The maximum Gasteiger partial charge on any atom is 0.390 e. The second-order valence-corrected chi connectivity index (χ2v) is 4.27. The van der Waals surface area contributed by atoms with E-state index >= 15 is 0 Å². The molecule has 98 valence electrons. The van der Waals surface area contributed by atoms with Gasteiger partial charge in [0.2, 0.25) is 0 Å². The molecule has 2 nitrogen and oxygen atoms in total. The van der Waals surface area contributed by atoms with Crippen molar-refractivity contribution in [3.05, 3.63) is 0 Å². The first kappa shape index (κ1) is 15.7. The molecule has 1 N–H and O–H groups in total. The molecule has 16 heavy (non-hydrogen) atoms. The van der Waals surface area contributed by atoms with Crippen molar-refractivity contribution in [2.45, 2.75) is 52.4 Å². The first-order chi connectivity index (χ1) is 7.28. The quantitative estimate of drug-likeness (QED) is 0.736. The highest BCUT2D eigenvalue weighted by Gasteiger charge is 2.30. The predicted octanol–water partition coefficient (Wildman–Crippen LogP) is 2.65. The molecule has 2 unspecified atom stereocenters. The Bertz CT molecular complexity index is 179. The molecule has 0 spiro atoms. The SMILES string of the molecule is CCN(CC)CC(C)NC(C)CC(F)(F)F. The lowest BCUT2D eigenvalue weighted by Gasteiger charge is -2.26. The van der Waals surface area contributed by atoms with Gasteiger partial charge in [0.05, 0.1) is 6.42 Å². The fourth-order valence-electron chi connectivity index (χ4n) is 1.81. The molecule has 0 aromatic heterocycles. The third kappa shape index (κ3) is 7.93. The van der Waals surface area contributed by atoms with E-state index in [0.717, 1.165) is 19.6 Å². The molecule has 0 amide bonds. The average Bonchev–Trinajstić information content (AvgIpc) is 2.10. The summed E-state index contributed by atoms with van der Waals surface area (Å²) in [5.41, 5.74) is 0. The lowest BCUT2D eigenvalue weighted by atomic mass is 10.2. The topological polar surface area (TPSA) is 15.3 Å². The van der Waals surface area contributed by atoms with Gasteiger partial charge < -0.3 is 10.2 Å². The third-order valence-corrected chi connectivity index (χ3v) is 2.53. The van der Waals surface area contributed by atoms with Gasteiger partial charge in [-0.2, -0.15) is 13.2 Å². The largest absolute Gasteiger partial charge is 0.390 e. The summed E-state index contributed by atoms with van der Waals surface area (Å²) < 4.78 is 36.3. The second-order valence-electron chi connectivity index (χ2n) is 4.27. The molecule has 0 aliphatic carbocycles. The minimum Gasteiger partial charge on any atom is -0.310 e. The maximum absolute atomic E-state index is 12.1. The van der Waals surface area contributed by atoms with Crippen molar-refractivity contribution in [2.24, 2.45) is 0 Å². The Hall–Kier alpha value is -0.290. The normalized spacial score (nSPS) is 16.5. The van der Waals surface area contributed by atoms with Crippen LogP contribution in [0.1, 0.15) is 34.1 Å². The van der Waals surface area contributed by atoms with Crippen LogP contribution in [0.15, 0.2) is 0 Å². The molecule has 0 rings (SSSR count). The molecule has 2 atom stereocenters. The Kier molecular flexibility index (Phi) is 6.99. The predicted molar refractivity (Wildman–Crippen MR) is 60.5 cm³/mol. The number of likely N-dealkylation sites (N-methyl/N-ethyl adjacent to an activating group) is 1. The molecule has 0 aliphatic rings. The van der Waals surface area contributed by atoms with Crippen molar-refractivity contribution in [1.29, 1.82) is 0 Å². The molecule has 0 saturated heterocycles. The number of nitrogens with one attached hydrogen (secondary N) is 1. The Morgan fingerprint density at radius 3 is 1.94 bits per heavy atom. The summed E-state index contributed by atoms with van der Waals surface area (Å²) in [5, 5.41) is 2.97. The zero-order chi connectivity index (χ0) is 12.8. The highest BCUT2D eigenvalue weighted by Crippen LogP contribution is 2.21. The van der Waals surface area contributed by atoms with Crippen molar-refractivity contribution in [2.75, 3.05) is 19.6 Å². The van der Waals surface area contributed by atoms with Crippen molar-refractivity contribution >= 4 is 0 Å². The molecule has 0 aromatic carbocycles. The number of hydrogen-bond donors (Lipinski definition) is 1. The zero-order valence-electron chi connectivity index (χ0n) is 10.6. The summed E-state index contributed by atoms with van der Waals surface area (Å²) in [5.74, 6) is 0. The Balaban J connectivity index is 3.90. The van der Waals surface area contributed by atoms with Gasteiger partial charge in [-0.05, 0) is 26.9 Å². The summed E-state index contributed by atoms with van der Waals surface area (Å²) in [6.45, 7) is 10.2. The molecular weight excluding hydrogens is 217 g/mol. The van der Waals surface area contributed by atoms with E-state index < -0.39 is 18.6 Å². The van der Waals surface area contributed by atoms with Gasteiger partial charge in [-0.3, -0.25) is 0 Å². The van der Waals surface area contributed by atoms with E-state index in [2.05, 4.69) is 24.1 Å². The minimum atomic E-state index is -4.08. The lowest BCUT2D eigenvalue weighted by Crippen LogP contribution is -2.44. The first-order valence-electron chi connectivity index (χ1n) is 5.83. The molecule has 0 saturated carbocycles. The van der Waals surface area contributed by atoms with E-state index in [1.165, 1.54) is 0 Å². The van der Waals surface area contributed by atoms with Crippen LogP contribution in [0.5, 0.6) is 0 Å². The number of hydrogen-bond acceptors (Lipinski definition) is 2. The van der Waals surface area contributed by atoms with E-state index in [9.17, 15) is 13.2 Å². The van der Waals surface area contributed by atoms with E-state index in [0.29, 0.717) is 0 Å². The van der Waals surface area contributed by atoms with Gasteiger partial charge >= 0.3 is 6.18 Å².